The van der Waals surface area contributed by atoms with E-state index < -0.39 is 0 Å². The van der Waals surface area contributed by atoms with Crippen LogP contribution in [0.4, 0.5) is 0 Å². The summed E-state index contributed by atoms with van der Waals surface area (Å²) in [7, 11) is 0. The molecule has 1 unspecified atom stereocenters. The van der Waals surface area contributed by atoms with Crippen LogP contribution in [0.1, 0.15) is 201 Å². The Morgan fingerprint density at radius 2 is 0.588 bits per heavy atom. The van der Waals surface area contributed by atoms with Gasteiger partial charge in [0.25, 0.3) is 0 Å². The van der Waals surface area contributed by atoms with E-state index in [-0.39, 0.29) is 4.75 Å². The van der Waals surface area contributed by atoms with Crippen molar-refractivity contribution < 1.29 is 0 Å². The Bertz CT molecular complexity index is 369. The predicted molar refractivity (Wildman–Crippen MR) is 163 cm³/mol. The molecule has 0 aliphatic carbocycles. The van der Waals surface area contributed by atoms with Crippen LogP contribution in [0.5, 0.6) is 0 Å². The van der Waals surface area contributed by atoms with Gasteiger partial charge in [0.05, 0.1) is 0 Å². The molecule has 0 aromatic rings. The molecule has 0 aromatic heterocycles. The second-order valence-electron chi connectivity index (χ2n) is 12.1. The molecular formula is C33H68S. The quantitative estimate of drug-likeness (QED) is 0.0807. The molecule has 0 aliphatic rings. The highest BCUT2D eigenvalue weighted by Crippen LogP contribution is 2.33. The van der Waals surface area contributed by atoms with Gasteiger partial charge in [-0.2, -0.15) is 12.6 Å². The lowest BCUT2D eigenvalue weighted by Crippen LogP contribution is -2.24. The summed E-state index contributed by atoms with van der Waals surface area (Å²) in [5.74, 6) is 0.798. The molecular weight excluding hydrogens is 428 g/mol. The molecule has 1 atom stereocenters. The third kappa shape index (κ3) is 25.4. The normalized spacial score (nSPS) is 13.0. The fraction of sp³-hybridized carbons (Fsp3) is 1.00. The molecule has 0 heterocycles. The van der Waals surface area contributed by atoms with E-state index in [0.29, 0.717) is 0 Å². The average molecular weight is 497 g/mol. The highest BCUT2D eigenvalue weighted by molar-refractivity contribution is 7.81. The highest BCUT2D eigenvalue weighted by Gasteiger charge is 2.24. The van der Waals surface area contributed by atoms with Crippen molar-refractivity contribution in [2.24, 2.45) is 5.92 Å². The Kier molecular flexibility index (Phi) is 26.7. The zero-order valence-electron chi connectivity index (χ0n) is 24.6. The van der Waals surface area contributed by atoms with Gasteiger partial charge in [-0.15, -0.1) is 0 Å². The van der Waals surface area contributed by atoms with Crippen molar-refractivity contribution in [3.63, 3.8) is 0 Å². The third-order valence-electron chi connectivity index (χ3n) is 8.06. The molecule has 0 rings (SSSR count). The molecule has 0 fully saturated rings. The summed E-state index contributed by atoms with van der Waals surface area (Å²) < 4.78 is 0.190. The molecule has 0 amide bonds. The maximum atomic E-state index is 4.98. The third-order valence-corrected chi connectivity index (χ3v) is 8.43. The summed E-state index contributed by atoms with van der Waals surface area (Å²) in [6.45, 7) is 9.31. The molecule has 206 valence electrons. The first-order valence-corrected chi connectivity index (χ1v) is 16.7. The Balaban J connectivity index is 3.53. The Morgan fingerprint density at radius 3 is 0.794 bits per heavy atom. The van der Waals surface area contributed by atoms with Gasteiger partial charge >= 0.3 is 0 Å². The number of unbranched alkanes of at least 4 members (excludes halogenated alkanes) is 23. The highest BCUT2D eigenvalue weighted by atomic mass is 32.1. The van der Waals surface area contributed by atoms with E-state index in [0.717, 1.165) is 5.92 Å². The van der Waals surface area contributed by atoms with Gasteiger partial charge < -0.3 is 0 Å². The van der Waals surface area contributed by atoms with Crippen molar-refractivity contribution in [1.82, 2.24) is 0 Å². The van der Waals surface area contributed by atoms with Crippen molar-refractivity contribution in [3.8, 4) is 0 Å². The maximum Gasteiger partial charge on any atom is 0.0101 e. The second-order valence-corrected chi connectivity index (χ2v) is 13.2. The van der Waals surface area contributed by atoms with E-state index in [1.165, 1.54) is 173 Å². The van der Waals surface area contributed by atoms with E-state index in [2.05, 4.69) is 27.7 Å². The summed E-state index contributed by atoms with van der Waals surface area (Å²) in [6, 6.07) is 0. The van der Waals surface area contributed by atoms with Gasteiger partial charge in [-0.05, 0) is 18.8 Å². The number of hydrogen-bond donors (Lipinski definition) is 1. The zero-order valence-corrected chi connectivity index (χ0v) is 25.5. The van der Waals surface area contributed by atoms with Crippen LogP contribution in [-0.4, -0.2) is 4.75 Å². The molecule has 0 N–H and O–H groups in total. The lowest BCUT2D eigenvalue weighted by atomic mass is 9.85. The summed E-state index contributed by atoms with van der Waals surface area (Å²) in [5, 5.41) is 0. The van der Waals surface area contributed by atoms with E-state index in [4.69, 9.17) is 12.6 Å². The summed E-state index contributed by atoms with van der Waals surface area (Å²) in [5.41, 5.74) is 0. The molecule has 0 aliphatic heterocycles. The first-order valence-electron chi connectivity index (χ1n) is 16.2. The molecule has 0 nitrogen and oxygen atoms in total. The van der Waals surface area contributed by atoms with Crippen LogP contribution >= 0.6 is 12.6 Å². The minimum atomic E-state index is 0.190. The van der Waals surface area contributed by atoms with Gasteiger partial charge in [-0.1, -0.05) is 188 Å². The van der Waals surface area contributed by atoms with E-state index in [1.54, 1.807) is 0 Å². The molecule has 0 saturated heterocycles. The van der Waals surface area contributed by atoms with Crippen molar-refractivity contribution >= 4 is 12.6 Å². The van der Waals surface area contributed by atoms with Gasteiger partial charge in [0.2, 0.25) is 0 Å². The Hall–Kier alpha value is 0.350. The van der Waals surface area contributed by atoms with Crippen LogP contribution in [0.25, 0.3) is 0 Å². The fourth-order valence-corrected chi connectivity index (χ4v) is 5.75. The lowest BCUT2D eigenvalue weighted by Gasteiger charge is -2.30. The van der Waals surface area contributed by atoms with Gasteiger partial charge in [0, 0.05) is 4.75 Å². The average Bonchev–Trinajstić information content (AvgIpc) is 2.80. The van der Waals surface area contributed by atoms with Crippen molar-refractivity contribution in [1.29, 1.82) is 0 Å². The molecule has 0 spiro atoms. The van der Waals surface area contributed by atoms with Crippen LogP contribution in [-0.2, 0) is 0 Å². The number of rotatable bonds is 28. The van der Waals surface area contributed by atoms with Gasteiger partial charge in [0.1, 0.15) is 0 Å². The zero-order chi connectivity index (χ0) is 25.2. The van der Waals surface area contributed by atoms with Crippen LogP contribution in [0.3, 0.4) is 0 Å². The first kappa shape index (κ1) is 34.4. The van der Waals surface area contributed by atoms with Crippen LogP contribution in [0.15, 0.2) is 0 Å². The van der Waals surface area contributed by atoms with E-state index in [9.17, 15) is 0 Å². The monoisotopic (exact) mass is 497 g/mol. The van der Waals surface area contributed by atoms with Crippen molar-refractivity contribution in [2.45, 2.75) is 206 Å². The van der Waals surface area contributed by atoms with E-state index >= 15 is 0 Å². The molecule has 1 heteroatoms. The number of thiol groups is 1. The lowest BCUT2D eigenvalue weighted by molar-refractivity contribution is 0.342. The topological polar surface area (TPSA) is 0 Å². The van der Waals surface area contributed by atoms with Crippen LogP contribution in [0, 0.1) is 5.92 Å². The number of hydrogen-bond acceptors (Lipinski definition) is 1. The maximum absolute atomic E-state index is 4.98. The largest absolute Gasteiger partial charge is 0.173 e. The fourth-order valence-electron chi connectivity index (χ4n) is 5.49. The summed E-state index contributed by atoms with van der Waals surface area (Å²) in [4.78, 5) is 0. The van der Waals surface area contributed by atoms with Gasteiger partial charge in [-0.25, -0.2) is 0 Å². The Labute approximate surface area is 224 Å². The van der Waals surface area contributed by atoms with Crippen LogP contribution < -0.4 is 0 Å². The molecule has 0 saturated carbocycles. The Morgan fingerprint density at radius 1 is 0.382 bits per heavy atom. The second kappa shape index (κ2) is 26.4. The minimum Gasteiger partial charge on any atom is -0.173 e. The molecule has 0 bridgehead atoms. The van der Waals surface area contributed by atoms with Gasteiger partial charge in [-0.3, -0.25) is 0 Å². The summed E-state index contributed by atoms with van der Waals surface area (Å²) >= 11 is 4.98. The summed E-state index contributed by atoms with van der Waals surface area (Å²) in [6.07, 6.45) is 39.0. The molecule has 0 radical (unpaired) electrons. The van der Waals surface area contributed by atoms with E-state index in [1.807, 2.05) is 0 Å². The van der Waals surface area contributed by atoms with Crippen molar-refractivity contribution in [3.05, 3.63) is 0 Å². The first-order chi connectivity index (χ1) is 16.5. The van der Waals surface area contributed by atoms with Crippen molar-refractivity contribution in [2.75, 3.05) is 0 Å². The molecule has 0 aromatic carbocycles. The van der Waals surface area contributed by atoms with Gasteiger partial charge in [0.15, 0.2) is 0 Å². The SMILES string of the molecule is CCCCCCCCCCCCCCCCCC(CCCCCCCCCCCC)C(C)(C)S. The predicted octanol–water partition coefficient (Wildman–Crippen LogP) is 12.9. The smallest absolute Gasteiger partial charge is 0.0101 e. The minimum absolute atomic E-state index is 0.190. The molecule has 34 heavy (non-hydrogen) atoms. The standard InChI is InChI=1S/C33H68S/c1-5-7-9-11-13-15-17-18-19-20-21-23-25-27-29-31-32(33(3,4)34)30-28-26-24-22-16-14-12-10-8-6-2/h32,34H,5-31H2,1-4H3. The van der Waals surface area contributed by atoms with Crippen LogP contribution in [0.2, 0.25) is 0 Å².